The molecule has 4 rings (SSSR count). The van der Waals surface area contributed by atoms with Gasteiger partial charge in [-0.15, -0.1) is 0 Å². The van der Waals surface area contributed by atoms with Crippen LogP contribution in [-0.2, 0) is 10.0 Å². The Balaban J connectivity index is 1.54. The van der Waals surface area contributed by atoms with Crippen molar-refractivity contribution in [3.05, 3.63) is 30.0 Å². The number of likely N-dealkylation sites (N-methyl/N-ethyl adjacent to an activating group) is 1. The molecule has 1 aromatic carbocycles. The Bertz CT molecular complexity index is 1050. The predicted octanol–water partition coefficient (Wildman–Crippen LogP) is 2.78. The largest absolute Gasteiger partial charge is 0.419 e. The summed E-state index contributed by atoms with van der Waals surface area (Å²) in [5.41, 5.74) is 0.917. The van der Waals surface area contributed by atoms with Crippen LogP contribution >= 0.6 is 0 Å². The number of nitrogens with zero attached hydrogens (tertiary/aromatic N) is 5. The Kier molecular flexibility index (Phi) is 6.32. The highest BCUT2D eigenvalue weighted by Crippen LogP contribution is 2.30. The van der Waals surface area contributed by atoms with Crippen LogP contribution in [0.1, 0.15) is 32.4 Å². The van der Waals surface area contributed by atoms with Gasteiger partial charge in [0.2, 0.25) is 27.5 Å². The van der Waals surface area contributed by atoms with Crippen molar-refractivity contribution in [1.82, 2.24) is 14.2 Å². The van der Waals surface area contributed by atoms with E-state index < -0.39 is 10.0 Å². The molecule has 0 radical (unpaired) electrons. The zero-order chi connectivity index (χ0) is 22.0. The first-order valence-corrected chi connectivity index (χ1v) is 12.3. The lowest BCUT2D eigenvalue weighted by molar-refractivity contribution is 0.266. The lowest BCUT2D eigenvalue weighted by Crippen LogP contribution is -2.46. The fourth-order valence-corrected chi connectivity index (χ4v) is 5.87. The quantitative estimate of drug-likeness (QED) is 0.701. The number of piperazine rings is 1. The summed E-state index contributed by atoms with van der Waals surface area (Å²) in [5.74, 6) is 1.20. The average Bonchev–Trinajstić information content (AvgIpc) is 3.24. The van der Waals surface area contributed by atoms with Crippen LogP contribution in [-0.4, -0.2) is 68.4 Å². The lowest BCUT2D eigenvalue weighted by Gasteiger charge is -2.33. The molecule has 2 saturated heterocycles. The summed E-state index contributed by atoms with van der Waals surface area (Å²) in [6.45, 7) is 9.74. The van der Waals surface area contributed by atoms with Gasteiger partial charge in [0.25, 0.3) is 0 Å². The van der Waals surface area contributed by atoms with Gasteiger partial charge in [0.15, 0.2) is 0 Å². The van der Waals surface area contributed by atoms with Crippen molar-refractivity contribution < 1.29 is 12.8 Å². The molecule has 2 aliphatic rings. The van der Waals surface area contributed by atoms with E-state index in [0.29, 0.717) is 36.3 Å². The monoisotopic (exact) mass is 443 g/mol. The van der Waals surface area contributed by atoms with E-state index in [1.807, 2.05) is 0 Å². The number of hydrogen-bond donors (Lipinski definition) is 0. The van der Waals surface area contributed by atoms with E-state index in [-0.39, 0.29) is 10.6 Å². The smallest absolute Gasteiger partial charge is 0.243 e. The van der Waals surface area contributed by atoms with Crippen molar-refractivity contribution in [1.29, 1.82) is 5.26 Å². The number of piperidine rings is 1. The van der Waals surface area contributed by atoms with Crippen LogP contribution < -0.4 is 4.90 Å². The van der Waals surface area contributed by atoms with Crippen molar-refractivity contribution >= 4 is 15.9 Å². The first-order valence-electron chi connectivity index (χ1n) is 10.9. The summed E-state index contributed by atoms with van der Waals surface area (Å²) in [6, 6.07) is 8.72. The molecule has 0 unspecified atom stereocenters. The predicted molar refractivity (Wildman–Crippen MR) is 118 cm³/mol. The molecular weight excluding hydrogens is 414 g/mol. The van der Waals surface area contributed by atoms with Crippen molar-refractivity contribution in [2.24, 2.45) is 5.92 Å². The highest BCUT2D eigenvalue weighted by molar-refractivity contribution is 7.89. The van der Waals surface area contributed by atoms with Gasteiger partial charge < -0.3 is 14.2 Å². The fraction of sp³-hybridized carbons (Fsp3) is 0.545. The maximum absolute atomic E-state index is 13.0. The number of hydrogen-bond acceptors (Lipinski definition) is 7. The van der Waals surface area contributed by atoms with Gasteiger partial charge in [0.05, 0.1) is 4.90 Å². The number of sulfonamides is 1. The molecule has 2 fully saturated rings. The standard InChI is InChI=1S/C22H29N5O3S/c1-3-25-11-13-26(14-12-25)22-20(15-23)24-21(30-22)18-6-8-19(9-7-18)31(28,29)27-10-4-5-17(2)16-27/h6-9,17H,3-5,10-14,16H2,1-2H3/t17-/m0/s1. The molecule has 0 N–H and O–H groups in total. The molecule has 0 saturated carbocycles. The van der Waals surface area contributed by atoms with Crippen molar-refractivity contribution in [3.63, 3.8) is 0 Å². The molecule has 2 aliphatic heterocycles. The highest BCUT2D eigenvalue weighted by Gasteiger charge is 2.29. The van der Waals surface area contributed by atoms with Crippen LogP contribution in [0.5, 0.6) is 0 Å². The summed E-state index contributed by atoms with van der Waals surface area (Å²) >= 11 is 0. The Labute approximate surface area is 184 Å². The topological polar surface area (TPSA) is 93.7 Å². The maximum atomic E-state index is 13.0. The Morgan fingerprint density at radius 2 is 1.87 bits per heavy atom. The molecule has 0 bridgehead atoms. The van der Waals surface area contributed by atoms with Gasteiger partial charge in [-0.05, 0) is 49.6 Å². The van der Waals surface area contributed by atoms with E-state index in [2.05, 4.69) is 34.7 Å². The van der Waals surface area contributed by atoms with E-state index in [1.165, 1.54) is 0 Å². The van der Waals surface area contributed by atoms with Gasteiger partial charge in [-0.2, -0.15) is 14.6 Å². The molecule has 9 heteroatoms. The number of anilines is 1. The molecule has 31 heavy (non-hydrogen) atoms. The number of oxazole rings is 1. The third-order valence-corrected chi connectivity index (χ3v) is 8.06. The van der Waals surface area contributed by atoms with Crippen LogP contribution in [0.15, 0.2) is 33.6 Å². The van der Waals surface area contributed by atoms with E-state index in [4.69, 9.17) is 4.42 Å². The molecule has 8 nitrogen and oxygen atoms in total. The first-order chi connectivity index (χ1) is 14.9. The van der Waals surface area contributed by atoms with Crippen LogP contribution in [0, 0.1) is 17.2 Å². The normalized spacial score (nSPS) is 21.2. The minimum absolute atomic E-state index is 0.263. The SMILES string of the molecule is CCN1CCN(c2oc(-c3ccc(S(=O)(=O)N4CCC[C@H](C)C4)cc3)nc2C#N)CC1. The zero-order valence-electron chi connectivity index (χ0n) is 18.1. The van der Waals surface area contributed by atoms with Gasteiger partial charge in [-0.1, -0.05) is 13.8 Å². The molecular formula is C22H29N5O3S. The van der Waals surface area contributed by atoms with Crippen molar-refractivity contribution in [2.45, 2.75) is 31.6 Å². The number of aromatic nitrogens is 1. The van der Waals surface area contributed by atoms with E-state index in [9.17, 15) is 13.7 Å². The third kappa shape index (κ3) is 4.47. The number of benzene rings is 1. The van der Waals surface area contributed by atoms with Gasteiger partial charge >= 0.3 is 0 Å². The Morgan fingerprint density at radius 3 is 2.48 bits per heavy atom. The highest BCUT2D eigenvalue weighted by atomic mass is 32.2. The van der Waals surface area contributed by atoms with Gasteiger partial charge in [0, 0.05) is 44.8 Å². The average molecular weight is 444 g/mol. The van der Waals surface area contributed by atoms with Crippen LogP contribution in [0.2, 0.25) is 0 Å². The molecule has 166 valence electrons. The third-order valence-electron chi connectivity index (χ3n) is 6.18. The van der Waals surface area contributed by atoms with E-state index in [0.717, 1.165) is 45.6 Å². The van der Waals surface area contributed by atoms with Crippen LogP contribution in [0.4, 0.5) is 5.88 Å². The lowest BCUT2D eigenvalue weighted by atomic mass is 10.0. The van der Waals surface area contributed by atoms with E-state index in [1.54, 1.807) is 28.6 Å². The van der Waals surface area contributed by atoms with E-state index >= 15 is 0 Å². The second kappa shape index (κ2) is 8.99. The maximum Gasteiger partial charge on any atom is 0.243 e. The minimum atomic E-state index is -3.51. The summed E-state index contributed by atoms with van der Waals surface area (Å²) in [4.78, 5) is 9.04. The zero-order valence-corrected chi connectivity index (χ0v) is 18.9. The van der Waals surface area contributed by atoms with Gasteiger partial charge in [0.1, 0.15) is 6.07 Å². The second-order valence-electron chi connectivity index (χ2n) is 8.34. The summed E-state index contributed by atoms with van der Waals surface area (Å²) in [6.07, 6.45) is 1.95. The number of nitriles is 1. The molecule has 0 spiro atoms. The first kappa shape index (κ1) is 21.8. The van der Waals surface area contributed by atoms with Crippen molar-refractivity contribution in [3.8, 4) is 17.5 Å². The molecule has 3 heterocycles. The minimum Gasteiger partial charge on any atom is -0.419 e. The molecule has 1 atom stereocenters. The molecule has 0 aliphatic carbocycles. The van der Waals surface area contributed by atoms with Crippen LogP contribution in [0.25, 0.3) is 11.5 Å². The molecule has 2 aromatic rings. The summed E-state index contributed by atoms with van der Waals surface area (Å²) < 4.78 is 33.5. The van der Waals surface area contributed by atoms with Gasteiger partial charge in [-0.3, -0.25) is 0 Å². The van der Waals surface area contributed by atoms with Crippen molar-refractivity contribution in [2.75, 3.05) is 50.7 Å². The Morgan fingerprint density at radius 1 is 1.16 bits per heavy atom. The molecule has 0 amide bonds. The summed E-state index contributed by atoms with van der Waals surface area (Å²) in [7, 11) is -3.51. The summed E-state index contributed by atoms with van der Waals surface area (Å²) in [5, 5.41) is 9.53. The molecule has 1 aromatic heterocycles. The van der Waals surface area contributed by atoms with Gasteiger partial charge in [-0.25, -0.2) is 8.42 Å². The van der Waals surface area contributed by atoms with Crippen LogP contribution in [0.3, 0.4) is 0 Å². The second-order valence-corrected chi connectivity index (χ2v) is 10.3. The Hall–Kier alpha value is -2.41. The number of rotatable bonds is 5. The fourth-order valence-electron chi connectivity index (χ4n) is 4.27.